The van der Waals surface area contributed by atoms with Crippen LogP contribution in [0.25, 0.3) is 0 Å². The van der Waals surface area contributed by atoms with Crippen molar-refractivity contribution in [2.45, 2.75) is 44.6 Å². The van der Waals surface area contributed by atoms with Crippen LogP contribution in [0.5, 0.6) is 0 Å². The fraction of sp³-hybridized carbons (Fsp3) is 0.524. The average Bonchev–Trinajstić information content (AvgIpc) is 3.38. The number of aryl methyl sites for hydroxylation is 1. The molecule has 4 rings (SSSR count). The summed E-state index contributed by atoms with van der Waals surface area (Å²) in [5.74, 6) is 1.59. The molecule has 2 atom stereocenters. The molecule has 5 heteroatoms. The number of ether oxygens (including phenoxy) is 1. The van der Waals surface area contributed by atoms with E-state index in [0.29, 0.717) is 24.7 Å². The van der Waals surface area contributed by atoms with Gasteiger partial charge in [0.2, 0.25) is 0 Å². The molecule has 0 unspecified atom stereocenters. The summed E-state index contributed by atoms with van der Waals surface area (Å²) in [4.78, 5) is 14.8. The molecule has 5 nitrogen and oxygen atoms in total. The minimum Gasteiger partial charge on any atom is -0.381 e. The van der Waals surface area contributed by atoms with Crippen LogP contribution in [0, 0.1) is 12.8 Å². The Labute approximate surface area is 154 Å². The third-order valence-electron chi connectivity index (χ3n) is 5.56. The monoisotopic (exact) mass is 354 g/mol. The van der Waals surface area contributed by atoms with E-state index >= 15 is 0 Å². The molecule has 2 aliphatic rings. The van der Waals surface area contributed by atoms with Gasteiger partial charge in [-0.3, -0.25) is 4.79 Å². The molecular formula is C21H26N2O3. The summed E-state index contributed by atoms with van der Waals surface area (Å²) in [7, 11) is 1.77. The fourth-order valence-electron chi connectivity index (χ4n) is 3.96. The number of hydrogen-bond acceptors (Lipinski definition) is 4. The van der Waals surface area contributed by atoms with Gasteiger partial charge in [-0.05, 0) is 38.2 Å². The highest BCUT2D eigenvalue weighted by atomic mass is 16.5. The Bertz CT molecular complexity index is 781. The van der Waals surface area contributed by atoms with Crippen molar-refractivity contribution in [1.82, 2.24) is 10.1 Å². The highest BCUT2D eigenvalue weighted by Crippen LogP contribution is 2.40. The molecule has 1 saturated heterocycles. The van der Waals surface area contributed by atoms with Crippen LogP contribution in [-0.2, 0) is 11.2 Å². The molecule has 1 aliphatic heterocycles. The number of rotatable bonds is 5. The number of hydrogen-bond donors (Lipinski definition) is 0. The quantitative estimate of drug-likeness (QED) is 0.823. The summed E-state index contributed by atoms with van der Waals surface area (Å²) in [6.45, 7) is 3.50. The number of benzene rings is 1. The van der Waals surface area contributed by atoms with E-state index in [-0.39, 0.29) is 17.9 Å². The number of amides is 1. The number of carbonyl (C=O) groups is 1. The molecule has 26 heavy (non-hydrogen) atoms. The summed E-state index contributed by atoms with van der Waals surface area (Å²) in [5.41, 5.74) is 3.00. The van der Waals surface area contributed by atoms with Gasteiger partial charge >= 0.3 is 0 Å². The van der Waals surface area contributed by atoms with E-state index in [2.05, 4.69) is 36.3 Å². The smallest absolute Gasteiger partial charge is 0.276 e. The molecule has 2 aromatic rings. The predicted octanol–water partition coefficient (Wildman–Crippen LogP) is 3.58. The Hall–Kier alpha value is -2.14. The average molecular weight is 354 g/mol. The van der Waals surface area contributed by atoms with Gasteiger partial charge in [-0.15, -0.1) is 0 Å². The largest absolute Gasteiger partial charge is 0.381 e. The van der Waals surface area contributed by atoms with Crippen LogP contribution >= 0.6 is 0 Å². The van der Waals surface area contributed by atoms with Crippen molar-refractivity contribution in [2.24, 2.45) is 5.92 Å². The van der Waals surface area contributed by atoms with E-state index in [1.165, 1.54) is 11.1 Å². The number of piperidine rings is 1. The first-order valence-corrected chi connectivity index (χ1v) is 9.48. The molecular weight excluding hydrogens is 328 g/mol. The Morgan fingerprint density at radius 1 is 1.31 bits per heavy atom. The van der Waals surface area contributed by atoms with Gasteiger partial charge in [-0.25, -0.2) is 0 Å². The van der Waals surface area contributed by atoms with E-state index in [4.69, 9.17) is 9.26 Å². The zero-order chi connectivity index (χ0) is 18.1. The molecule has 0 bridgehead atoms. The predicted molar refractivity (Wildman–Crippen MR) is 98.2 cm³/mol. The Kier molecular flexibility index (Phi) is 4.81. The third kappa shape index (κ3) is 3.68. The Morgan fingerprint density at radius 3 is 2.88 bits per heavy atom. The van der Waals surface area contributed by atoms with Crippen LogP contribution in [0.2, 0.25) is 0 Å². The van der Waals surface area contributed by atoms with Crippen LogP contribution in [-0.4, -0.2) is 42.3 Å². The lowest BCUT2D eigenvalue weighted by Crippen LogP contribution is -2.47. The van der Waals surface area contributed by atoms with Gasteiger partial charge in [0.25, 0.3) is 5.91 Å². The van der Waals surface area contributed by atoms with Crippen molar-refractivity contribution in [3.05, 3.63) is 52.9 Å². The van der Waals surface area contributed by atoms with Crippen LogP contribution in [0.15, 0.2) is 34.9 Å². The lowest BCUT2D eigenvalue weighted by molar-refractivity contribution is -0.00328. The van der Waals surface area contributed by atoms with E-state index in [1.54, 1.807) is 7.11 Å². The first-order valence-electron chi connectivity index (χ1n) is 9.48. The zero-order valence-corrected chi connectivity index (χ0v) is 15.5. The fourth-order valence-corrected chi connectivity index (χ4v) is 3.96. The minimum atomic E-state index is -0.0237. The van der Waals surface area contributed by atoms with Crippen molar-refractivity contribution in [3.63, 3.8) is 0 Å². The van der Waals surface area contributed by atoms with E-state index in [1.807, 2.05) is 11.0 Å². The number of nitrogens with zero attached hydrogens (tertiary/aromatic N) is 2. The maximum Gasteiger partial charge on any atom is 0.276 e. The SMILES string of the molecule is CO[C@H]1CCN(C(=O)c2cc(C3CC3)on2)C[C@H]1Cc1cccc(C)c1. The first-order chi connectivity index (χ1) is 12.6. The molecule has 0 N–H and O–H groups in total. The van der Waals surface area contributed by atoms with Gasteiger partial charge in [-0.1, -0.05) is 35.0 Å². The molecule has 138 valence electrons. The molecule has 2 heterocycles. The standard InChI is InChI=1S/C21H26N2O3/c1-14-4-3-5-15(10-14)11-17-13-23(9-8-19(17)25-2)21(24)18-12-20(26-22-18)16-6-7-16/h3-5,10,12,16-17,19H,6-9,11,13H2,1-2H3/t17-,19+/m1/s1. The van der Waals surface area contributed by atoms with Gasteiger partial charge < -0.3 is 14.2 Å². The van der Waals surface area contributed by atoms with Gasteiger partial charge in [0, 0.05) is 38.1 Å². The number of likely N-dealkylation sites (tertiary alicyclic amines) is 1. The second kappa shape index (κ2) is 7.23. The third-order valence-corrected chi connectivity index (χ3v) is 5.56. The number of carbonyl (C=O) groups excluding carboxylic acids is 1. The topological polar surface area (TPSA) is 55.6 Å². The summed E-state index contributed by atoms with van der Waals surface area (Å²) < 4.78 is 11.1. The maximum atomic E-state index is 12.9. The summed E-state index contributed by atoms with van der Waals surface area (Å²) in [5, 5.41) is 4.01. The Morgan fingerprint density at radius 2 is 2.15 bits per heavy atom. The maximum absolute atomic E-state index is 12.9. The van der Waals surface area contributed by atoms with E-state index in [9.17, 15) is 4.79 Å². The highest BCUT2D eigenvalue weighted by Gasteiger charge is 2.34. The van der Waals surface area contributed by atoms with Gasteiger partial charge in [0.1, 0.15) is 5.76 Å². The lowest BCUT2D eigenvalue weighted by atomic mass is 9.88. The van der Waals surface area contributed by atoms with Crippen LogP contribution in [0.3, 0.4) is 0 Å². The number of methoxy groups -OCH3 is 1. The van der Waals surface area contributed by atoms with Gasteiger partial charge in [0.05, 0.1) is 6.10 Å². The van der Waals surface area contributed by atoms with Crippen molar-refractivity contribution in [2.75, 3.05) is 20.2 Å². The second-order valence-corrected chi connectivity index (χ2v) is 7.66. The summed E-state index contributed by atoms with van der Waals surface area (Å²) in [6.07, 6.45) is 4.22. The molecule has 1 saturated carbocycles. The number of aromatic nitrogens is 1. The lowest BCUT2D eigenvalue weighted by Gasteiger charge is -2.37. The van der Waals surface area contributed by atoms with Crippen LogP contribution < -0.4 is 0 Å². The zero-order valence-electron chi connectivity index (χ0n) is 15.5. The van der Waals surface area contributed by atoms with E-state index < -0.39 is 0 Å². The highest BCUT2D eigenvalue weighted by molar-refractivity contribution is 5.92. The van der Waals surface area contributed by atoms with Crippen LogP contribution in [0.1, 0.15) is 52.6 Å². The molecule has 0 radical (unpaired) electrons. The molecule has 1 aromatic carbocycles. The molecule has 2 fully saturated rings. The Balaban J connectivity index is 1.46. The molecule has 1 amide bonds. The molecule has 0 spiro atoms. The van der Waals surface area contributed by atoms with Crippen molar-refractivity contribution < 1.29 is 14.1 Å². The van der Waals surface area contributed by atoms with E-state index in [0.717, 1.165) is 31.4 Å². The molecule has 1 aromatic heterocycles. The van der Waals surface area contributed by atoms with Crippen molar-refractivity contribution in [1.29, 1.82) is 0 Å². The minimum absolute atomic E-state index is 0.0237. The van der Waals surface area contributed by atoms with Crippen molar-refractivity contribution in [3.8, 4) is 0 Å². The van der Waals surface area contributed by atoms with Gasteiger partial charge in [0.15, 0.2) is 5.69 Å². The van der Waals surface area contributed by atoms with Gasteiger partial charge in [-0.2, -0.15) is 0 Å². The first kappa shape index (κ1) is 17.3. The second-order valence-electron chi connectivity index (χ2n) is 7.66. The summed E-state index contributed by atoms with van der Waals surface area (Å²) >= 11 is 0. The summed E-state index contributed by atoms with van der Waals surface area (Å²) in [6, 6.07) is 10.4. The molecule has 1 aliphatic carbocycles. The normalized spacial score (nSPS) is 23.2. The van der Waals surface area contributed by atoms with Crippen LogP contribution in [0.4, 0.5) is 0 Å². The van der Waals surface area contributed by atoms with Crippen molar-refractivity contribution >= 4 is 5.91 Å².